The molecule has 0 bridgehead atoms. The summed E-state index contributed by atoms with van der Waals surface area (Å²) >= 11 is 3.43. The molecule has 3 nitrogen and oxygen atoms in total. The van der Waals surface area contributed by atoms with Crippen LogP contribution in [0, 0.1) is 5.82 Å². The van der Waals surface area contributed by atoms with Crippen molar-refractivity contribution in [2.45, 2.75) is 44.6 Å². The zero-order valence-electron chi connectivity index (χ0n) is 16.3. The van der Waals surface area contributed by atoms with Crippen LogP contribution in [0.1, 0.15) is 54.1 Å². The van der Waals surface area contributed by atoms with Gasteiger partial charge in [-0.25, -0.2) is 4.39 Å². The van der Waals surface area contributed by atoms with Crippen molar-refractivity contribution in [1.29, 1.82) is 0 Å². The summed E-state index contributed by atoms with van der Waals surface area (Å²) in [5, 5.41) is 11.0. The van der Waals surface area contributed by atoms with Gasteiger partial charge in [0.25, 0.3) is 0 Å². The summed E-state index contributed by atoms with van der Waals surface area (Å²) < 4.78 is 14.6. The van der Waals surface area contributed by atoms with E-state index >= 15 is 0 Å². The number of likely N-dealkylation sites (tertiary alicyclic amines) is 1. The fraction of sp³-hybridized carbons (Fsp3) is 0.435. The monoisotopic (exact) mass is 447 g/mol. The second-order valence-electron chi connectivity index (χ2n) is 7.57. The lowest BCUT2D eigenvalue weighted by atomic mass is 9.84. The first-order chi connectivity index (χ1) is 13.4. The average Bonchev–Trinajstić information content (AvgIpc) is 2.70. The van der Waals surface area contributed by atoms with Crippen molar-refractivity contribution in [2.24, 2.45) is 0 Å². The van der Waals surface area contributed by atoms with E-state index in [1.165, 1.54) is 6.07 Å². The Morgan fingerprint density at radius 3 is 2.50 bits per heavy atom. The van der Waals surface area contributed by atoms with E-state index in [1.54, 1.807) is 12.1 Å². The number of nitrogens with zero attached hydrogens (tertiary/aromatic N) is 1. The SMILES string of the molecule is CCc1cc(C(=O)CCCN2CCC(O)(c3ccc(Br)cc3)CC2)ccc1F. The Balaban J connectivity index is 1.46. The van der Waals surface area contributed by atoms with Crippen LogP contribution < -0.4 is 0 Å². The molecule has 1 fully saturated rings. The number of aryl methyl sites for hydroxylation is 1. The Bertz CT molecular complexity index is 814. The maximum atomic E-state index is 13.6. The van der Waals surface area contributed by atoms with Gasteiger partial charge in [-0.1, -0.05) is 35.0 Å². The lowest BCUT2D eigenvalue weighted by Gasteiger charge is -2.38. The summed E-state index contributed by atoms with van der Waals surface area (Å²) in [6, 6.07) is 12.5. The van der Waals surface area contributed by atoms with Gasteiger partial charge in [-0.2, -0.15) is 0 Å². The molecule has 150 valence electrons. The minimum absolute atomic E-state index is 0.0677. The Hall–Kier alpha value is -1.56. The average molecular weight is 448 g/mol. The lowest BCUT2D eigenvalue weighted by molar-refractivity contribution is -0.0260. The Kier molecular flexibility index (Phi) is 7.02. The minimum Gasteiger partial charge on any atom is -0.385 e. The van der Waals surface area contributed by atoms with Gasteiger partial charge in [0.05, 0.1) is 5.60 Å². The van der Waals surface area contributed by atoms with E-state index in [4.69, 9.17) is 0 Å². The number of ketones is 1. The Labute approximate surface area is 174 Å². The van der Waals surface area contributed by atoms with Crippen LogP contribution in [-0.2, 0) is 12.0 Å². The molecule has 28 heavy (non-hydrogen) atoms. The van der Waals surface area contributed by atoms with Crippen LogP contribution in [0.2, 0.25) is 0 Å². The van der Waals surface area contributed by atoms with Gasteiger partial charge in [-0.15, -0.1) is 0 Å². The van der Waals surface area contributed by atoms with E-state index in [0.29, 0.717) is 36.8 Å². The summed E-state index contributed by atoms with van der Waals surface area (Å²) in [5.74, 6) is -0.177. The number of carbonyl (C=O) groups is 1. The smallest absolute Gasteiger partial charge is 0.162 e. The summed E-state index contributed by atoms with van der Waals surface area (Å²) in [7, 11) is 0. The Morgan fingerprint density at radius 2 is 1.86 bits per heavy atom. The van der Waals surface area contributed by atoms with Gasteiger partial charge in [0.2, 0.25) is 0 Å². The summed E-state index contributed by atoms with van der Waals surface area (Å²) in [6.07, 6.45) is 3.21. The molecule has 1 saturated heterocycles. The first kappa shape index (κ1) is 21.2. The van der Waals surface area contributed by atoms with Gasteiger partial charge in [0.15, 0.2) is 5.78 Å². The fourth-order valence-corrected chi connectivity index (χ4v) is 4.09. The van der Waals surface area contributed by atoms with Gasteiger partial charge in [-0.3, -0.25) is 4.79 Å². The van der Waals surface area contributed by atoms with Crippen molar-refractivity contribution in [3.8, 4) is 0 Å². The molecule has 0 unspecified atom stereocenters. The molecule has 1 aliphatic heterocycles. The maximum absolute atomic E-state index is 13.6. The lowest BCUT2D eigenvalue weighted by Crippen LogP contribution is -2.42. The van der Waals surface area contributed by atoms with E-state index in [-0.39, 0.29) is 11.6 Å². The molecule has 0 spiro atoms. The Morgan fingerprint density at radius 1 is 1.18 bits per heavy atom. The largest absolute Gasteiger partial charge is 0.385 e. The van der Waals surface area contributed by atoms with Crippen molar-refractivity contribution < 1.29 is 14.3 Å². The highest BCUT2D eigenvalue weighted by Gasteiger charge is 2.33. The normalized spacial score (nSPS) is 16.9. The molecule has 0 atom stereocenters. The van der Waals surface area contributed by atoms with Gasteiger partial charge in [-0.05, 0) is 73.7 Å². The third-order valence-electron chi connectivity index (χ3n) is 5.69. The highest BCUT2D eigenvalue weighted by molar-refractivity contribution is 9.10. The van der Waals surface area contributed by atoms with Crippen LogP contribution in [0.25, 0.3) is 0 Å². The van der Waals surface area contributed by atoms with Crippen molar-refractivity contribution in [3.63, 3.8) is 0 Å². The number of rotatable bonds is 7. The van der Waals surface area contributed by atoms with Crippen molar-refractivity contribution >= 4 is 21.7 Å². The van der Waals surface area contributed by atoms with E-state index in [1.807, 2.05) is 31.2 Å². The highest BCUT2D eigenvalue weighted by atomic mass is 79.9. The topological polar surface area (TPSA) is 40.5 Å². The number of aliphatic hydroxyl groups is 1. The van der Waals surface area contributed by atoms with Crippen LogP contribution in [0.3, 0.4) is 0 Å². The number of hydrogen-bond acceptors (Lipinski definition) is 3. The third kappa shape index (κ3) is 5.07. The number of Topliss-reactive ketones (excluding diaryl/α,β-unsaturated/α-hetero) is 1. The molecule has 2 aromatic carbocycles. The number of benzene rings is 2. The maximum Gasteiger partial charge on any atom is 0.162 e. The van der Waals surface area contributed by atoms with E-state index in [0.717, 1.165) is 36.1 Å². The van der Waals surface area contributed by atoms with Crippen LogP contribution in [0.15, 0.2) is 46.9 Å². The molecule has 0 amide bonds. The highest BCUT2D eigenvalue weighted by Crippen LogP contribution is 2.33. The second-order valence-corrected chi connectivity index (χ2v) is 8.48. The van der Waals surface area contributed by atoms with Crippen molar-refractivity contribution in [2.75, 3.05) is 19.6 Å². The number of carbonyl (C=O) groups excluding carboxylic acids is 1. The quantitative estimate of drug-likeness (QED) is 0.600. The molecule has 5 heteroatoms. The third-order valence-corrected chi connectivity index (χ3v) is 6.22. The first-order valence-corrected chi connectivity index (χ1v) is 10.7. The van der Waals surface area contributed by atoms with E-state index in [9.17, 15) is 14.3 Å². The number of halogens is 2. The molecule has 3 rings (SSSR count). The summed E-state index contributed by atoms with van der Waals surface area (Å²) in [5.41, 5.74) is 1.39. The van der Waals surface area contributed by atoms with Gasteiger partial charge in [0, 0.05) is 29.5 Å². The zero-order valence-corrected chi connectivity index (χ0v) is 17.8. The standard InChI is InChI=1S/C23H27BrFNO2/c1-2-17-16-18(5-10-21(17)25)22(27)4-3-13-26-14-11-23(28,12-15-26)19-6-8-20(24)9-7-19/h5-10,16,28H,2-4,11-15H2,1H3. The van der Waals surface area contributed by atoms with Gasteiger partial charge in [0.1, 0.15) is 5.82 Å². The first-order valence-electron chi connectivity index (χ1n) is 9.94. The molecule has 0 saturated carbocycles. The molecule has 1 heterocycles. The molecule has 0 aromatic heterocycles. The molecule has 0 radical (unpaired) electrons. The predicted molar refractivity (Wildman–Crippen MR) is 113 cm³/mol. The molecule has 2 aromatic rings. The number of hydrogen-bond donors (Lipinski definition) is 1. The second kappa shape index (κ2) is 9.29. The van der Waals surface area contributed by atoms with Crippen LogP contribution in [0.5, 0.6) is 0 Å². The molecular formula is C23H27BrFNO2. The molecule has 1 aliphatic rings. The predicted octanol–water partition coefficient (Wildman–Crippen LogP) is 5.10. The van der Waals surface area contributed by atoms with E-state index in [2.05, 4.69) is 20.8 Å². The minimum atomic E-state index is -0.766. The summed E-state index contributed by atoms with van der Waals surface area (Å²) in [6.45, 7) is 4.36. The molecule has 1 N–H and O–H groups in total. The zero-order chi connectivity index (χ0) is 20.1. The van der Waals surface area contributed by atoms with Crippen LogP contribution in [0.4, 0.5) is 4.39 Å². The van der Waals surface area contributed by atoms with Crippen molar-refractivity contribution in [3.05, 3.63) is 69.4 Å². The molecule has 0 aliphatic carbocycles. The number of piperidine rings is 1. The summed E-state index contributed by atoms with van der Waals surface area (Å²) in [4.78, 5) is 14.7. The van der Waals surface area contributed by atoms with Crippen LogP contribution >= 0.6 is 15.9 Å². The van der Waals surface area contributed by atoms with Crippen LogP contribution in [-0.4, -0.2) is 35.4 Å². The van der Waals surface area contributed by atoms with E-state index < -0.39 is 5.60 Å². The van der Waals surface area contributed by atoms with Gasteiger partial charge >= 0.3 is 0 Å². The van der Waals surface area contributed by atoms with Gasteiger partial charge < -0.3 is 10.0 Å². The molecular weight excluding hydrogens is 421 g/mol. The fourth-order valence-electron chi connectivity index (χ4n) is 3.82. The van der Waals surface area contributed by atoms with Crippen molar-refractivity contribution in [1.82, 2.24) is 4.90 Å².